The Morgan fingerprint density at radius 3 is 2.32 bits per heavy atom. The molecule has 0 heterocycles. The smallest absolute Gasteiger partial charge is 0.179 e. The zero-order valence-electron chi connectivity index (χ0n) is 12.2. The van der Waals surface area contributed by atoms with Crippen molar-refractivity contribution in [3.8, 4) is 11.5 Å². The maximum absolute atomic E-state index is 6.16. The van der Waals surface area contributed by atoms with Crippen LogP contribution in [0.3, 0.4) is 0 Å². The molecule has 0 radical (unpaired) electrons. The van der Waals surface area contributed by atoms with Crippen LogP contribution < -0.4 is 14.8 Å². The molecular formula is C14H23Cl2NO2. The number of benzene rings is 1. The van der Waals surface area contributed by atoms with E-state index in [1.165, 1.54) is 0 Å². The number of hydrogen-bond donors (Lipinski definition) is 1. The fourth-order valence-corrected chi connectivity index (χ4v) is 1.85. The van der Waals surface area contributed by atoms with Crippen molar-refractivity contribution in [1.82, 2.24) is 5.32 Å². The van der Waals surface area contributed by atoms with E-state index in [0.717, 1.165) is 18.5 Å². The third kappa shape index (κ3) is 5.09. The molecule has 0 spiro atoms. The van der Waals surface area contributed by atoms with Gasteiger partial charge in [-0.25, -0.2) is 0 Å². The molecule has 3 nitrogen and oxygen atoms in total. The maximum Gasteiger partial charge on any atom is 0.179 e. The third-order valence-corrected chi connectivity index (χ3v) is 3.43. The van der Waals surface area contributed by atoms with Crippen LogP contribution in [0.1, 0.15) is 32.8 Å². The first-order valence-electron chi connectivity index (χ1n) is 6.09. The monoisotopic (exact) mass is 307 g/mol. The van der Waals surface area contributed by atoms with E-state index in [0.29, 0.717) is 16.5 Å². The summed E-state index contributed by atoms with van der Waals surface area (Å²) in [5.41, 5.74) is 1.19. The van der Waals surface area contributed by atoms with Gasteiger partial charge in [0, 0.05) is 12.1 Å². The lowest BCUT2D eigenvalue weighted by molar-refractivity contribution is 0.352. The number of rotatable bonds is 6. The second-order valence-corrected chi connectivity index (χ2v) is 5.31. The zero-order chi connectivity index (χ0) is 13.8. The van der Waals surface area contributed by atoms with E-state index in [9.17, 15) is 0 Å². The molecule has 0 aliphatic heterocycles. The van der Waals surface area contributed by atoms with Crippen LogP contribution in [0.2, 0.25) is 5.02 Å². The maximum atomic E-state index is 6.16. The first kappa shape index (κ1) is 18.4. The largest absolute Gasteiger partial charge is 0.493 e. The molecule has 0 fully saturated rings. The average molecular weight is 308 g/mol. The van der Waals surface area contributed by atoms with Crippen LogP contribution in [-0.4, -0.2) is 19.8 Å². The van der Waals surface area contributed by atoms with E-state index in [1.807, 2.05) is 12.1 Å². The van der Waals surface area contributed by atoms with Crippen LogP contribution in [0, 0.1) is 0 Å². The average Bonchev–Trinajstić information content (AvgIpc) is 2.35. The van der Waals surface area contributed by atoms with E-state index >= 15 is 0 Å². The fraction of sp³-hybridized carbons (Fsp3) is 0.571. The summed E-state index contributed by atoms with van der Waals surface area (Å²) in [6, 6.07) is 3.85. The minimum absolute atomic E-state index is 0. The summed E-state index contributed by atoms with van der Waals surface area (Å²) in [6.45, 7) is 7.26. The highest BCUT2D eigenvalue weighted by Crippen LogP contribution is 2.36. The van der Waals surface area contributed by atoms with Gasteiger partial charge in [-0.15, -0.1) is 12.4 Å². The lowest BCUT2D eigenvalue weighted by Gasteiger charge is -2.25. The van der Waals surface area contributed by atoms with Gasteiger partial charge >= 0.3 is 0 Å². The Kier molecular flexibility index (Phi) is 7.57. The molecule has 0 unspecified atom stereocenters. The molecule has 0 aliphatic rings. The molecule has 0 amide bonds. The predicted octanol–water partition coefficient (Wildman–Crippen LogP) is 4.06. The molecule has 0 saturated carbocycles. The molecule has 1 aromatic carbocycles. The topological polar surface area (TPSA) is 30.5 Å². The first-order valence-corrected chi connectivity index (χ1v) is 6.46. The van der Waals surface area contributed by atoms with Crippen molar-refractivity contribution in [2.24, 2.45) is 0 Å². The quantitative estimate of drug-likeness (QED) is 0.860. The Bertz CT molecular complexity index is 409. The molecule has 0 atom stereocenters. The van der Waals surface area contributed by atoms with E-state index in [2.05, 4.69) is 26.1 Å². The van der Waals surface area contributed by atoms with Gasteiger partial charge < -0.3 is 14.8 Å². The predicted molar refractivity (Wildman–Crippen MR) is 83.0 cm³/mol. The number of ether oxygens (including phenoxy) is 2. The second kappa shape index (κ2) is 7.83. The van der Waals surface area contributed by atoms with Gasteiger partial charge in [0.25, 0.3) is 0 Å². The van der Waals surface area contributed by atoms with Gasteiger partial charge in [0.15, 0.2) is 11.5 Å². The van der Waals surface area contributed by atoms with Crippen molar-refractivity contribution in [1.29, 1.82) is 0 Å². The summed E-state index contributed by atoms with van der Waals surface area (Å²) < 4.78 is 10.5. The van der Waals surface area contributed by atoms with Crippen molar-refractivity contribution < 1.29 is 9.47 Å². The molecule has 0 saturated heterocycles. The van der Waals surface area contributed by atoms with Gasteiger partial charge in [0.1, 0.15) is 0 Å². The van der Waals surface area contributed by atoms with Crippen molar-refractivity contribution >= 4 is 24.0 Å². The van der Waals surface area contributed by atoms with Crippen molar-refractivity contribution in [3.63, 3.8) is 0 Å². The van der Waals surface area contributed by atoms with Gasteiger partial charge in [0.2, 0.25) is 0 Å². The van der Waals surface area contributed by atoms with Crippen LogP contribution in [0.4, 0.5) is 0 Å². The van der Waals surface area contributed by atoms with Gasteiger partial charge in [-0.1, -0.05) is 18.5 Å². The third-order valence-electron chi connectivity index (χ3n) is 3.15. The van der Waals surface area contributed by atoms with E-state index in [4.69, 9.17) is 21.1 Å². The Balaban J connectivity index is 0.00000324. The summed E-state index contributed by atoms with van der Waals surface area (Å²) in [7, 11) is 3.20. The lowest BCUT2D eigenvalue weighted by Crippen LogP contribution is -2.37. The summed E-state index contributed by atoms with van der Waals surface area (Å²) in [6.07, 6.45) is 1.06. The normalized spacial score (nSPS) is 10.8. The minimum atomic E-state index is 0. The Morgan fingerprint density at radius 1 is 1.21 bits per heavy atom. The summed E-state index contributed by atoms with van der Waals surface area (Å²) in [5.74, 6) is 1.24. The number of nitrogens with one attached hydrogen (secondary N) is 1. The van der Waals surface area contributed by atoms with Gasteiger partial charge in [0.05, 0.1) is 19.2 Å². The van der Waals surface area contributed by atoms with Crippen molar-refractivity contribution in [3.05, 3.63) is 22.7 Å². The zero-order valence-corrected chi connectivity index (χ0v) is 13.7. The SMILES string of the molecule is CCC(C)(C)NCc1cc(Cl)c(OC)c(OC)c1.Cl. The van der Waals surface area contributed by atoms with E-state index in [-0.39, 0.29) is 17.9 Å². The lowest BCUT2D eigenvalue weighted by atomic mass is 10.0. The molecule has 0 aromatic heterocycles. The van der Waals surface area contributed by atoms with Crippen LogP contribution in [-0.2, 0) is 6.54 Å². The van der Waals surface area contributed by atoms with E-state index < -0.39 is 0 Å². The molecule has 0 aliphatic carbocycles. The highest BCUT2D eigenvalue weighted by Gasteiger charge is 2.15. The van der Waals surface area contributed by atoms with Crippen molar-refractivity contribution in [2.45, 2.75) is 39.3 Å². The molecule has 1 N–H and O–H groups in total. The second-order valence-electron chi connectivity index (χ2n) is 4.90. The molecule has 19 heavy (non-hydrogen) atoms. The van der Waals surface area contributed by atoms with Gasteiger partial charge in [-0.05, 0) is 38.0 Å². The van der Waals surface area contributed by atoms with Crippen LogP contribution in [0.15, 0.2) is 12.1 Å². The fourth-order valence-electron chi connectivity index (χ4n) is 1.54. The highest BCUT2D eigenvalue weighted by atomic mass is 35.5. The van der Waals surface area contributed by atoms with Crippen LogP contribution >= 0.6 is 24.0 Å². The molecule has 0 bridgehead atoms. The van der Waals surface area contributed by atoms with Crippen molar-refractivity contribution in [2.75, 3.05) is 14.2 Å². The first-order chi connectivity index (χ1) is 8.43. The molecule has 110 valence electrons. The highest BCUT2D eigenvalue weighted by molar-refractivity contribution is 6.32. The van der Waals surface area contributed by atoms with Gasteiger partial charge in [-0.2, -0.15) is 0 Å². The van der Waals surface area contributed by atoms with Crippen LogP contribution in [0.25, 0.3) is 0 Å². The molecule has 1 rings (SSSR count). The molecule has 1 aromatic rings. The number of methoxy groups -OCH3 is 2. The van der Waals surface area contributed by atoms with Gasteiger partial charge in [-0.3, -0.25) is 0 Å². The Hall–Kier alpha value is -0.640. The number of halogens is 2. The molecule has 5 heteroatoms. The number of hydrogen-bond acceptors (Lipinski definition) is 3. The summed E-state index contributed by atoms with van der Waals surface area (Å²) in [5, 5.41) is 4.06. The Labute approximate surface area is 127 Å². The minimum Gasteiger partial charge on any atom is -0.493 e. The summed E-state index contributed by atoms with van der Waals surface area (Å²) in [4.78, 5) is 0. The van der Waals surface area contributed by atoms with E-state index in [1.54, 1.807) is 14.2 Å². The standard InChI is InChI=1S/C14H22ClNO2.ClH/c1-6-14(2,3)16-9-10-7-11(15)13(18-5)12(8-10)17-4;/h7-8,16H,6,9H2,1-5H3;1H. The van der Waals surface area contributed by atoms with Crippen LogP contribution in [0.5, 0.6) is 11.5 Å². The Morgan fingerprint density at radius 2 is 1.84 bits per heavy atom. The summed E-state index contributed by atoms with van der Waals surface area (Å²) >= 11 is 6.16. The molecular weight excluding hydrogens is 285 g/mol.